The topological polar surface area (TPSA) is 18.8 Å². The van der Waals surface area contributed by atoms with Crippen LogP contribution in [0.4, 0.5) is 11.4 Å². The van der Waals surface area contributed by atoms with Crippen molar-refractivity contribution in [2.45, 2.75) is 41.5 Å². The largest absolute Gasteiger partial charge is 0.372 e. The van der Waals surface area contributed by atoms with Gasteiger partial charge >= 0.3 is 0 Å². The minimum absolute atomic E-state index is 0.776. The number of hydrogen-bond acceptors (Lipinski definition) is 3. The highest BCUT2D eigenvalue weighted by atomic mass is 15.1. The van der Waals surface area contributed by atoms with Crippen LogP contribution in [0.25, 0.3) is 11.1 Å². The van der Waals surface area contributed by atoms with Crippen molar-refractivity contribution >= 4 is 28.2 Å². The molecule has 0 radical (unpaired) electrons. The molecular weight excluding hydrogens is 450 g/mol. The van der Waals surface area contributed by atoms with Gasteiger partial charge < -0.3 is 9.80 Å². The number of rotatable bonds is 9. The molecule has 1 aliphatic rings. The number of allylic oxidation sites excluding steroid dienone is 3. The van der Waals surface area contributed by atoms with Crippen molar-refractivity contribution in [2.75, 3.05) is 42.5 Å². The van der Waals surface area contributed by atoms with Gasteiger partial charge in [-0.05, 0) is 105 Å². The fraction of sp³-hybridized carbons (Fsp3) is 0.324. The fourth-order valence-corrected chi connectivity index (χ4v) is 5.41. The Bertz CT molecular complexity index is 1300. The molecule has 0 saturated heterocycles. The SMILES string of the molecule is CCN=C1C=CC(=C(c2ccc(N(CC)CC)cc2)c2ccc(N(CC)CC)cc2C)c2ccccc21. The van der Waals surface area contributed by atoms with E-state index in [-0.39, 0.29) is 0 Å². The van der Waals surface area contributed by atoms with Crippen LogP contribution in [0.2, 0.25) is 0 Å². The highest BCUT2D eigenvalue weighted by molar-refractivity contribution is 6.19. The Labute approximate surface area is 223 Å². The van der Waals surface area contributed by atoms with Gasteiger partial charge in [0.2, 0.25) is 0 Å². The molecule has 0 amide bonds. The first kappa shape index (κ1) is 26.5. The minimum atomic E-state index is 0.776. The molecule has 192 valence electrons. The van der Waals surface area contributed by atoms with Crippen molar-refractivity contribution in [2.24, 2.45) is 4.99 Å². The zero-order valence-electron chi connectivity index (χ0n) is 23.4. The maximum absolute atomic E-state index is 4.78. The van der Waals surface area contributed by atoms with E-state index in [1.165, 1.54) is 50.3 Å². The molecule has 4 rings (SSSR count). The zero-order valence-corrected chi connectivity index (χ0v) is 23.4. The quantitative estimate of drug-likeness (QED) is 0.302. The second-order valence-corrected chi connectivity index (χ2v) is 9.42. The Morgan fingerprint density at radius 3 is 1.86 bits per heavy atom. The summed E-state index contributed by atoms with van der Waals surface area (Å²) in [6.07, 6.45) is 4.45. The maximum atomic E-state index is 4.78. The lowest BCUT2D eigenvalue weighted by Crippen LogP contribution is -2.22. The van der Waals surface area contributed by atoms with Crippen molar-refractivity contribution in [3.05, 3.63) is 107 Å². The third kappa shape index (κ3) is 5.41. The average Bonchev–Trinajstić information content (AvgIpc) is 2.93. The molecule has 0 aliphatic heterocycles. The minimum Gasteiger partial charge on any atom is -0.372 e. The molecule has 0 unspecified atom stereocenters. The van der Waals surface area contributed by atoms with Gasteiger partial charge in [0.05, 0.1) is 5.71 Å². The number of nitrogens with zero attached hydrogens (tertiary/aromatic N) is 3. The highest BCUT2D eigenvalue weighted by Crippen LogP contribution is 2.39. The van der Waals surface area contributed by atoms with E-state index >= 15 is 0 Å². The first-order valence-corrected chi connectivity index (χ1v) is 13.8. The van der Waals surface area contributed by atoms with Crippen LogP contribution in [0.15, 0.2) is 83.9 Å². The van der Waals surface area contributed by atoms with Crippen molar-refractivity contribution in [1.82, 2.24) is 0 Å². The van der Waals surface area contributed by atoms with Crippen LogP contribution in [0.1, 0.15) is 62.4 Å². The number of aryl methyl sites for hydroxylation is 1. The van der Waals surface area contributed by atoms with E-state index in [2.05, 4.69) is 130 Å². The monoisotopic (exact) mass is 491 g/mol. The van der Waals surface area contributed by atoms with E-state index in [1.54, 1.807) is 0 Å². The summed E-state index contributed by atoms with van der Waals surface area (Å²) >= 11 is 0. The predicted octanol–water partition coefficient (Wildman–Crippen LogP) is 8.03. The van der Waals surface area contributed by atoms with E-state index in [0.29, 0.717) is 0 Å². The molecule has 0 bridgehead atoms. The molecule has 1 aliphatic carbocycles. The lowest BCUT2D eigenvalue weighted by Gasteiger charge is -2.25. The van der Waals surface area contributed by atoms with Crippen LogP contribution in [0.5, 0.6) is 0 Å². The van der Waals surface area contributed by atoms with Gasteiger partial charge in [-0.3, -0.25) is 4.99 Å². The molecule has 0 atom stereocenters. The van der Waals surface area contributed by atoms with Gasteiger partial charge in [-0.25, -0.2) is 0 Å². The number of hydrogen-bond donors (Lipinski definition) is 0. The van der Waals surface area contributed by atoms with Crippen LogP contribution in [0.3, 0.4) is 0 Å². The molecule has 3 aromatic carbocycles. The zero-order chi connectivity index (χ0) is 26.4. The molecule has 3 nitrogen and oxygen atoms in total. The summed E-state index contributed by atoms with van der Waals surface area (Å²) in [4.78, 5) is 9.58. The predicted molar refractivity (Wildman–Crippen MR) is 163 cm³/mol. The van der Waals surface area contributed by atoms with Crippen LogP contribution >= 0.6 is 0 Å². The van der Waals surface area contributed by atoms with E-state index in [0.717, 1.165) is 38.4 Å². The van der Waals surface area contributed by atoms with Gasteiger partial charge in [-0.2, -0.15) is 0 Å². The fourth-order valence-electron chi connectivity index (χ4n) is 5.41. The summed E-state index contributed by atoms with van der Waals surface area (Å²) in [6.45, 7) is 18.0. The van der Waals surface area contributed by atoms with Crippen LogP contribution < -0.4 is 9.80 Å². The molecule has 0 fully saturated rings. The van der Waals surface area contributed by atoms with E-state index in [9.17, 15) is 0 Å². The molecule has 3 heteroatoms. The summed E-state index contributed by atoms with van der Waals surface area (Å²) in [5.41, 5.74) is 12.4. The first-order valence-electron chi connectivity index (χ1n) is 13.8. The second kappa shape index (κ2) is 12.1. The summed E-state index contributed by atoms with van der Waals surface area (Å²) < 4.78 is 0. The van der Waals surface area contributed by atoms with Gasteiger partial charge in [0.15, 0.2) is 0 Å². The Morgan fingerprint density at radius 2 is 1.27 bits per heavy atom. The summed E-state index contributed by atoms with van der Waals surface area (Å²) in [6, 6.07) is 24.7. The third-order valence-corrected chi connectivity index (χ3v) is 7.39. The molecule has 0 aromatic heterocycles. The first-order chi connectivity index (χ1) is 18.1. The summed E-state index contributed by atoms with van der Waals surface area (Å²) in [5.74, 6) is 0. The summed E-state index contributed by atoms with van der Waals surface area (Å²) in [5, 5.41) is 0. The van der Waals surface area contributed by atoms with Crippen LogP contribution in [-0.4, -0.2) is 38.4 Å². The van der Waals surface area contributed by atoms with Gasteiger partial charge in [0.1, 0.15) is 0 Å². The molecule has 0 heterocycles. The number of anilines is 2. The van der Waals surface area contributed by atoms with E-state index in [4.69, 9.17) is 4.99 Å². The van der Waals surface area contributed by atoms with Gasteiger partial charge in [-0.1, -0.05) is 48.5 Å². The Morgan fingerprint density at radius 1 is 0.676 bits per heavy atom. The standard InChI is InChI=1S/C34H41N3/c1-7-35-33-23-22-32(30-14-12-13-15-31(30)33)34(26-16-18-27(19-17-26)36(8-2)9-3)29-21-20-28(24-25(29)6)37(10-4)11-5/h12-24H,7-11H2,1-6H3. The lowest BCUT2D eigenvalue weighted by atomic mass is 9.82. The lowest BCUT2D eigenvalue weighted by molar-refractivity contribution is 0.865. The van der Waals surface area contributed by atoms with Gasteiger partial charge in [-0.15, -0.1) is 0 Å². The normalized spacial score (nSPS) is 15.0. The Balaban J connectivity index is 1.96. The molecule has 0 spiro atoms. The number of aliphatic imine (C=N–C) groups is 1. The van der Waals surface area contributed by atoms with E-state index in [1.807, 2.05) is 0 Å². The van der Waals surface area contributed by atoms with E-state index < -0.39 is 0 Å². The van der Waals surface area contributed by atoms with Crippen molar-refractivity contribution in [3.8, 4) is 0 Å². The van der Waals surface area contributed by atoms with Crippen LogP contribution in [-0.2, 0) is 0 Å². The molecule has 0 saturated carbocycles. The summed E-state index contributed by atoms with van der Waals surface area (Å²) in [7, 11) is 0. The van der Waals surface area contributed by atoms with Crippen molar-refractivity contribution in [3.63, 3.8) is 0 Å². The smallest absolute Gasteiger partial charge is 0.0652 e. The number of benzene rings is 3. The molecule has 3 aromatic rings. The van der Waals surface area contributed by atoms with Crippen LogP contribution in [0, 0.1) is 6.92 Å². The Kier molecular flexibility index (Phi) is 8.66. The highest BCUT2D eigenvalue weighted by Gasteiger charge is 2.21. The van der Waals surface area contributed by atoms with Crippen molar-refractivity contribution in [1.29, 1.82) is 0 Å². The molecular formula is C34H41N3. The maximum Gasteiger partial charge on any atom is 0.0652 e. The third-order valence-electron chi connectivity index (χ3n) is 7.39. The average molecular weight is 492 g/mol. The number of fused-ring (bicyclic) bond motifs is 1. The van der Waals surface area contributed by atoms with Gasteiger partial charge in [0, 0.05) is 49.7 Å². The van der Waals surface area contributed by atoms with Gasteiger partial charge in [0.25, 0.3) is 0 Å². The van der Waals surface area contributed by atoms with Crippen molar-refractivity contribution < 1.29 is 0 Å². The molecule has 37 heavy (non-hydrogen) atoms. The Hall–Kier alpha value is -3.59. The molecule has 0 N–H and O–H groups in total. The second-order valence-electron chi connectivity index (χ2n) is 9.42.